The molecule has 0 aromatic carbocycles. The first kappa shape index (κ1) is 12.4. The average molecular weight is 261 g/mol. The predicted molar refractivity (Wildman–Crippen MR) is 73.4 cm³/mol. The van der Waals surface area contributed by atoms with Crippen molar-refractivity contribution in [3.63, 3.8) is 0 Å². The van der Waals surface area contributed by atoms with Gasteiger partial charge in [-0.1, -0.05) is 6.92 Å². The SMILES string of the molecule is CC[C@H]1CN(Cc2c[nH]c3c(N)ncnc23)C[C@@H]1O. The molecule has 19 heavy (non-hydrogen) atoms. The Kier molecular flexibility index (Phi) is 3.12. The molecule has 0 aliphatic carbocycles. The molecule has 4 N–H and O–H groups in total. The van der Waals surface area contributed by atoms with Crippen LogP contribution in [0.2, 0.25) is 0 Å². The Labute approximate surface area is 111 Å². The standard InChI is InChI=1S/C13H19N5O/c1-2-8-4-18(6-10(8)19)5-9-3-15-12-11(9)16-7-17-13(12)14/h3,7-8,10,15,19H,2,4-6H2,1H3,(H2,14,16,17)/t8-,10-/m0/s1. The molecule has 1 aliphatic heterocycles. The lowest BCUT2D eigenvalue weighted by molar-refractivity contribution is 0.139. The third-order valence-corrected chi connectivity index (χ3v) is 3.97. The fourth-order valence-electron chi connectivity index (χ4n) is 2.85. The van der Waals surface area contributed by atoms with Crippen molar-refractivity contribution < 1.29 is 5.11 Å². The second-order valence-corrected chi connectivity index (χ2v) is 5.23. The minimum atomic E-state index is -0.213. The van der Waals surface area contributed by atoms with Crippen molar-refractivity contribution in [3.05, 3.63) is 18.1 Å². The zero-order valence-electron chi connectivity index (χ0n) is 11.0. The Morgan fingerprint density at radius 1 is 1.47 bits per heavy atom. The summed E-state index contributed by atoms with van der Waals surface area (Å²) < 4.78 is 0. The van der Waals surface area contributed by atoms with Gasteiger partial charge in [-0.15, -0.1) is 0 Å². The van der Waals surface area contributed by atoms with Crippen LogP contribution in [0.25, 0.3) is 11.0 Å². The first-order valence-corrected chi connectivity index (χ1v) is 6.66. The molecule has 102 valence electrons. The normalized spacial score (nSPS) is 24.3. The molecule has 6 nitrogen and oxygen atoms in total. The van der Waals surface area contributed by atoms with Gasteiger partial charge in [0.2, 0.25) is 0 Å². The highest BCUT2D eigenvalue weighted by Crippen LogP contribution is 2.25. The number of rotatable bonds is 3. The molecule has 0 radical (unpaired) electrons. The molecule has 0 spiro atoms. The molecule has 1 fully saturated rings. The van der Waals surface area contributed by atoms with Gasteiger partial charge in [0.05, 0.1) is 11.6 Å². The van der Waals surface area contributed by atoms with Gasteiger partial charge in [-0.2, -0.15) is 0 Å². The van der Waals surface area contributed by atoms with E-state index in [1.807, 2.05) is 6.20 Å². The molecule has 2 aromatic rings. The van der Waals surface area contributed by atoms with Crippen LogP contribution in [0.1, 0.15) is 18.9 Å². The van der Waals surface area contributed by atoms with Crippen LogP contribution in [-0.4, -0.2) is 44.2 Å². The monoisotopic (exact) mass is 261 g/mol. The number of hydrogen-bond donors (Lipinski definition) is 3. The summed E-state index contributed by atoms with van der Waals surface area (Å²) in [7, 11) is 0. The Morgan fingerprint density at radius 3 is 3.05 bits per heavy atom. The molecule has 0 bridgehead atoms. The Balaban J connectivity index is 1.81. The summed E-state index contributed by atoms with van der Waals surface area (Å²) >= 11 is 0. The molecule has 3 rings (SSSR count). The van der Waals surface area contributed by atoms with Crippen LogP contribution < -0.4 is 5.73 Å². The van der Waals surface area contributed by atoms with Crippen LogP contribution in [0.15, 0.2) is 12.5 Å². The summed E-state index contributed by atoms with van der Waals surface area (Å²) in [5.41, 5.74) is 8.58. The van der Waals surface area contributed by atoms with E-state index < -0.39 is 0 Å². The fourth-order valence-corrected chi connectivity index (χ4v) is 2.85. The van der Waals surface area contributed by atoms with E-state index >= 15 is 0 Å². The van der Waals surface area contributed by atoms with Gasteiger partial charge >= 0.3 is 0 Å². The van der Waals surface area contributed by atoms with E-state index in [4.69, 9.17) is 5.73 Å². The molecular weight excluding hydrogens is 242 g/mol. The van der Waals surface area contributed by atoms with Gasteiger partial charge in [-0.3, -0.25) is 4.90 Å². The van der Waals surface area contributed by atoms with Crippen LogP contribution in [0.3, 0.4) is 0 Å². The van der Waals surface area contributed by atoms with E-state index in [2.05, 4.69) is 26.8 Å². The Morgan fingerprint density at radius 2 is 2.32 bits per heavy atom. The number of aliphatic hydroxyl groups excluding tert-OH is 1. The van der Waals surface area contributed by atoms with Crippen LogP contribution >= 0.6 is 0 Å². The summed E-state index contributed by atoms with van der Waals surface area (Å²) in [5.74, 6) is 0.856. The topological polar surface area (TPSA) is 91.1 Å². The van der Waals surface area contributed by atoms with E-state index in [-0.39, 0.29) is 6.10 Å². The number of anilines is 1. The molecule has 1 aliphatic rings. The van der Waals surface area contributed by atoms with Gasteiger partial charge in [0, 0.05) is 31.4 Å². The van der Waals surface area contributed by atoms with Crippen LogP contribution in [0, 0.1) is 5.92 Å². The molecule has 1 saturated heterocycles. The number of H-pyrrole nitrogens is 1. The maximum Gasteiger partial charge on any atom is 0.151 e. The van der Waals surface area contributed by atoms with Crippen molar-refractivity contribution in [1.82, 2.24) is 19.9 Å². The number of nitrogens with zero attached hydrogens (tertiary/aromatic N) is 3. The Hall–Kier alpha value is -1.66. The van der Waals surface area contributed by atoms with E-state index in [1.165, 1.54) is 6.33 Å². The van der Waals surface area contributed by atoms with Crippen molar-refractivity contribution in [2.24, 2.45) is 5.92 Å². The maximum absolute atomic E-state index is 9.95. The molecule has 0 saturated carbocycles. The number of nitrogens with two attached hydrogens (primary N) is 1. The van der Waals surface area contributed by atoms with Gasteiger partial charge in [-0.05, 0) is 12.3 Å². The molecule has 2 aromatic heterocycles. The highest BCUT2D eigenvalue weighted by Gasteiger charge is 2.30. The number of aromatic nitrogens is 3. The predicted octanol–water partition coefficient (Wildman–Crippen LogP) is 0.743. The Bertz CT molecular complexity index is 581. The van der Waals surface area contributed by atoms with E-state index in [0.717, 1.165) is 42.7 Å². The quantitative estimate of drug-likeness (QED) is 0.758. The number of hydrogen-bond acceptors (Lipinski definition) is 5. The van der Waals surface area contributed by atoms with Crippen molar-refractivity contribution in [1.29, 1.82) is 0 Å². The summed E-state index contributed by atoms with van der Waals surface area (Å²) in [6, 6.07) is 0. The average Bonchev–Trinajstić information content (AvgIpc) is 2.95. The fraction of sp³-hybridized carbons (Fsp3) is 0.538. The van der Waals surface area contributed by atoms with Crippen LogP contribution in [0.5, 0.6) is 0 Å². The van der Waals surface area contributed by atoms with Crippen LogP contribution in [0.4, 0.5) is 5.82 Å². The number of likely N-dealkylation sites (tertiary alicyclic amines) is 1. The molecule has 2 atom stereocenters. The first-order valence-electron chi connectivity index (χ1n) is 6.66. The minimum Gasteiger partial charge on any atom is -0.391 e. The number of nitrogen functional groups attached to an aromatic ring is 1. The van der Waals surface area contributed by atoms with Gasteiger partial charge in [0.25, 0.3) is 0 Å². The van der Waals surface area contributed by atoms with Crippen molar-refractivity contribution in [2.75, 3.05) is 18.8 Å². The molecular formula is C13H19N5O. The molecule has 6 heteroatoms. The zero-order valence-corrected chi connectivity index (χ0v) is 11.0. The summed E-state index contributed by atoms with van der Waals surface area (Å²) in [4.78, 5) is 13.7. The molecule has 3 heterocycles. The van der Waals surface area contributed by atoms with Crippen LogP contribution in [-0.2, 0) is 6.54 Å². The van der Waals surface area contributed by atoms with Gasteiger partial charge in [-0.25, -0.2) is 9.97 Å². The smallest absolute Gasteiger partial charge is 0.151 e. The van der Waals surface area contributed by atoms with E-state index in [0.29, 0.717) is 11.7 Å². The second kappa shape index (κ2) is 4.79. The largest absolute Gasteiger partial charge is 0.391 e. The number of aliphatic hydroxyl groups is 1. The van der Waals surface area contributed by atoms with Gasteiger partial charge in [0.1, 0.15) is 11.8 Å². The lowest BCUT2D eigenvalue weighted by atomic mass is 10.0. The lowest BCUT2D eigenvalue weighted by Gasteiger charge is -2.14. The highest BCUT2D eigenvalue weighted by molar-refractivity contribution is 5.86. The number of β-amino-alcohol motifs (C(OH)–C–C–N with tert-alkyl or cyclic N) is 1. The lowest BCUT2D eigenvalue weighted by Crippen LogP contribution is -2.21. The maximum atomic E-state index is 9.95. The summed E-state index contributed by atoms with van der Waals surface area (Å²) in [6.45, 7) is 4.57. The van der Waals surface area contributed by atoms with Gasteiger partial charge in [0.15, 0.2) is 5.82 Å². The van der Waals surface area contributed by atoms with Crippen molar-refractivity contribution in [3.8, 4) is 0 Å². The zero-order chi connectivity index (χ0) is 13.4. The van der Waals surface area contributed by atoms with E-state index in [1.54, 1.807) is 0 Å². The number of aromatic amines is 1. The van der Waals surface area contributed by atoms with Crippen molar-refractivity contribution >= 4 is 16.9 Å². The number of nitrogens with one attached hydrogen (secondary N) is 1. The third-order valence-electron chi connectivity index (χ3n) is 3.97. The summed E-state index contributed by atoms with van der Waals surface area (Å²) in [6.07, 6.45) is 4.22. The van der Waals surface area contributed by atoms with Crippen molar-refractivity contribution in [2.45, 2.75) is 26.0 Å². The third kappa shape index (κ3) is 2.17. The van der Waals surface area contributed by atoms with Gasteiger partial charge < -0.3 is 15.8 Å². The van der Waals surface area contributed by atoms with E-state index in [9.17, 15) is 5.11 Å². The molecule has 0 amide bonds. The minimum absolute atomic E-state index is 0.213. The second-order valence-electron chi connectivity index (χ2n) is 5.23. The first-order chi connectivity index (χ1) is 9.19. The summed E-state index contributed by atoms with van der Waals surface area (Å²) in [5, 5.41) is 9.95. The molecule has 0 unspecified atom stereocenters. The highest BCUT2D eigenvalue weighted by atomic mass is 16.3. The number of fused-ring (bicyclic) bond motifs is 1.